The van der Waals surface area contributed by atoms with Crippen molar-refractivity contribution in [2.75, 3.05) is 0 Å². The number of benzene rings is 2. The summed E-state index contributed by atoms with van der Waals surface area (Å²) >= 11 is 5.99. The molecule has 1 N–H and O–H groups in total. The van der Waals surface area contributed by atoms with Crippen molar-refractivity contribution in [2.24, 2.45) is 0 Å². The van der Waals surface area contributed by atoms with Gasteiger partial charge in [0.2, 0.25) is 0 Å². The first-order chi connectivity index (χ1) is 12.0. The highest BCUT2D eigenvalue weighted by Crippen LogP contribution is 2.33. The smallest absolute Gasteiger partial charge is 0.326 e. The number of aliphatic carboxylic acids is 1. The van der Waals surface area contributed by atoms with Crippen molar-refractivity contribution < 1.29 is 19.4 Å². The van der Waals surface area contributed by atoms with E-state index >= 15 is 0 Å². The fourth-order valence-electron chi connectivity index (χ4n) is 3.52. The van der Waals surface area contributed by atoms with Gasteiger partial charge in [0.25, 0.3) is 5.91 Å². The van der Waals surface area contributed by atoms with Gasteiger partial charge in [0.15, 0.2) is 6.10 Å². The molecule has 2 aliphatic rings. The number of hydrogen-bond donors (Lipinski definition) is 1. The molecule has 2 unspecified atom stereocenters. The summed E-state index contributed by atoms with van der Waals surface area (Å²) in [5, 5.41) is 10.2. The Labute approximate surface area is 149 Å². The third-order valence-corrected chi connectivity index (χ3v) is 5.02. The average Bonchev–Trinajstić information content (AvgIpc) is 3.03. The lowest BCUT2D eigenvalue weighted by Crippen LogP contribution is -2.52. The Morgan fingerprint density at radius 3 is 2.60 bits per heavy atom. The summed E-state index contributed by atoms with van der Waals surface area (Å²) in [6, 6.07) is 12.0. The van der Waals surface area contributed by atoms with Gasteiger partial charge in [0.05, 0.1) is 0 Å². The zero-order chi connectivity index (χ0) is 17.6. The minimum absolute atomic E-state index is 0.281. The third kappa shape index (κ3) is 2.85. The molecule has 0 fully saturated rings. The van der Waals surface area contributed by atoms with E-state index in [-0.39, 0.29) is 12.5 Å². The summed E-state index contributed by atoms with van der Waals surface area (Å²) in [7, 11) is 0. The Hall–Kier alpha value is -2.53. The Balaban J connectivity index is 1.60. The summed E-state index contributed by atoms with van der Waals surface area (Å²) < 4.78 is 5.75. The first-order valence-electron chi connectivity index (χ1n) is 8.08. The molecule has 0 saturated heterocycles. The number of rotatable bonds is 2. The second-order valence-corrected chi connectivity index (χ2v) is 6.79. The Morgan fingerprint density at radius 2 is 1.84 bits per heavy atom. The molecule has 0 saturated carbocycles. The van der Waals surface area contributed by atoms with E-state index in [1.54, 1.807) is 18.2 Å². The first kappa shape index (κ1) is 16.0. The van der Waals surface area contributed by atoms with Crippen LogP contribution in [-0.2, 0) is 29.0 Å². The third-order valence-electron chi connectivity index (χ3n) is 4.79. The lowest BCUT2D eigenvalue weighted by molar-refractivity contribution is -0.154. The average molecular weight is 358 g/mol. The second-order valence-electron chi connectivity index (χ2n) is 6.36. The molecule has 5 nitrogen and oxygen atoms in total. The molecule has 2 heterocycles. The standard InChI is InChI=1S/C19H16ClNO4/c20-14-5-6-16-13(7-14)9-17(25-16)18(22)21-10-12-4-2-1-3-11(12)8-15(21)19(23)24/h1-7,15,17H,8-10H2,(H,23,24). The van der Waals surface area contributed by atoms with Crippen molar-refractivity contribution in [1.29, 1.82) is 0 Å². The Morgan fingerprint density at radius 1 is 1.08 bits per heavy atom. The van der Waals surface area contributed by atoms with E-state index in [1.165, 1.54) is 4.90 Å². The number of nitrogens with zero attached hydrogens (tertiary/aromatic N) is 1. The van der Waals surface area contributed by atoms with Crippen LogP contribution >= 0.6 is 11.6 Å². The summed E-state index contributed by atoms with van der Waals surface area (Å²) in [5.41, 5.74) is 2.82. The van der Waals surface area contributed by atoms with Gasteiger partial charge in [0.1, 0.15) is 11.8 Å². The minimum atomic E-state index is -0.999. The molecule has 1 amide bonds. The number of carbonyl (C=O) groups is 2. The molecule has 25 heavy (non-hydrogen) atoms. The number of halogens is 1. The molecule has 0 radical (unpaired) electrons. The maximum atomic E-state index is 13.0. The lowest BCUT2D eigenvalue weighted by Gasteiger charge is -2.35. The molecule has 0 aromatic heterocycles. The van der Waals surface area contributed by atoms with E-state index in [2.05, 4.69) is 0 Å². The van der Waals surface area contributed by atoms with Crippen LogP contribution in [0.25, 0.3) is 0 Å². The molecule has 2 aromatic carbocycles. The van der Waals surface area contributed by atoms with Gasteiger partial charge < -0.3 is 14.7 Å². The molecule has 6 heteroatoms. The van der Waals surface area contributed by atoms with Crippen LogP contribution in [0.2, 0.25) is 5.02 Å². The highest BCUT2D eigenvalue weighted by atomic mass is 35.5. The van der Waals surface area contributed by atoms with Crippen molar-refractivity contribution >= 4 is 23.5 Å². The van der Waals surface area contributed by atoms with Crippen LogP contribution in [0.5, 0.6) is 5.75 Å². The molecular formula is C19H16ClNO4. The molecule has 0 spiro atoms. The number of amides is 1. The van der Waals surface area contributed by atoms with Gasteiger partial charge in [-0.15, -0.1) is 0 Å². The lowest BCUT2D eigenvalue weighted by atomic mass is 9.93. The molecule has 2 aliphatic heterocycles. The van der Waals surface area contributed by atoms with E-state index in [1.807, 2.05) is 24.3 Å². The minimum Gasteiger partial charge on any atom is -0.480 e. The van der Waals surface area contributed by atoms with Gasteiger partial charge in [-0.2, -0.15) is 0 Å². The molecular weight excluding hydrogens is 342 g/mol. The number of ether oxygens (including phenoxy) is 1. The molecule has 0 bridgehead atoms. The fraction of sp³-hybridized carbons (Fsp3) is 0.263. The van der Waals surface area contributed by atoms with Gasteiger partial charge in [-0.3, -0.25) is 4.79 Å². The number of carboxylic acid groups (broad SMARTS) is 1. The van der Waals surface area contributed by atoms with Gasteiger partial charge in [0, 0.05) is 24.4 Å². The topological polar surface area (TPSA) is 66.8 Å². The Kier molecular flexibility index (Phi) is 3.88. The van der Waals surface area contributed by atoms with Crippen molar-refractivity contribution in [3.8, 4) is 5.75 Å². The molecule has 4 rings (SSSR count). The van der Waals surface area contributed by atoms with Crippen molar-refractivity contribution in [1.82, 2.24) is 4.90 Å². The van der Waals surface area contributed by atoms with Crippen molar-refractivity contribution in [3.63, 3.8) is 0 Å². The van der Waals surface area contributed by atoms with E-state index < -0.39 is 18.1 Å². The number of hydrogen-bond acceptors (Lipinski definition) is 3. The van der Waals surface area contributed by atoms with Gasteiger partial charge in [-0.25, -0.2) is 4.79 Å². The highest BCUT2D eigenvalue weighted by molar-refractivity contribution is 6.30. The normalized spacial score (nSPS) is 21.2. The van der Waals surface area contributed by atoms with Crippen LogP contribution in [0.15, 0.2) is 42.5 Å². The van der Waals surface area contributed by atoms with Crippen LogP contribution in [0.3, 0.4) is 0 Å². The second kappa shape index (κ2) is 6.08. The summed E-state index contributed by atoms with van der Waals surface area (Å²) in [4.78, 5) is 26.1. The monoisotopic (exact) mass is 357 g/mol. The summed E-state index contributed by atoms with van der Waals surface area (Å²) in [5.74, 6) is -0.664. The van der Waals surface area contributed by atoms with Crippen LogP contribution in [0.4, 0.5) is 0 Å². The predicted molar refractivity (Wildman–Crippen MR) is 91.7 cm³/mol. The first-order valence-corrected chi connectivity index (χ1v) is 8.46. The SMILES string of the molecule is O=C(O)C1Cc2ccccc2CN1C(=O)C1Cc2cc(Cl)ccc2O1. The Bertz CT molecular complexity index is 866. The van der Waals surface area contributed by atoms with Crippen LogP contribution < -0.4 is 4.74 Å². The zero-order valence-corrected chi connectivity index (χ0v) is 14.1. The zero-order valence-electron chi connectivity index (χ0n) is 13.3. The van der Waals surface area contributed by atoms with Gasteiger partial charge in [-0.1, -0.05) is 35.9 Å². The number of carbonyl (C=O) groups excluding carboxylic acids is 1. The van der Waals surface area contributed by atoms with Crippen LogP contribution in [0.1, 0.15) is 16.7 Å². The van der Waals surface area contributed by atoms with Crippen LogP contribution in [-0.4, -0.2) is 34.0 Å². The molecule has 2 atom stereocenters. The largest absolute Gasteiger partial charge is 0.480 e. The molecule has 0 aliphatic carbocycles. The highest BCUT2D eigenvalue weighted by Gasteiger charge is 2.40. The van der Waals surface area contributed by atoms with Crippen molar-refractivity contribution in [2.45, 2.75) is 31.5 Å². The fourth-order valence-corrected chi connectivity index (χ4v) is 3.71. The van der Waals surface area contributed by atoms with Gasteiger partial charge in [-0.05, 0) is 34.9 Å². The maximum absolute atomic E-state index is 13.0. The van der Waals surface area contributed by atoms with Crippen molar-refractivity contribution in [3.05, 3.63) is 64.2 Å². The van der Waals surface area contributed by atoms with Gasteiger partial charge >= 0.3 is 5.97 Å². The quantitative estimate of drug-likeness (QED) is 0.897. The summed E-state index contributed by atoms with van der Waals surface area (Å²) in [6.07, 6.45) is 0.00248. The van der Waals surface area contributed by atoms with E-state index in [9.17, 15) is 14.7 Å². The van der Waals surface area contributed by atoms with Crippen LogP contribution in [0, 0.1) is 0 Å². The van der Waals surface area contributed by atoms with E-state index in [0.717, 1.165) is 16.7 Å². The van der Waals surface area contributed by atoms with E-state index in [0.29, 0.717) is 23.6 Å². The maximum Gasteiger partial charge on any atom is 0.326 e. The van der Waals surface area contributed by atoms with E-state index in [4.69, 9.17) is 16.3 Å². The number of fused-ring (bicyclic) bond motifs is 2. The molecule has 128 valence electrons. The number of carboxylic acids is 1. The summed E-state index contributed by atoms with van der Waals surface area (Å²) in [6.45, 7) is 0.281. The predicted octanol–water partition coefficient (Wildman–Crippen LogP) is 2.68. The molecule has 2 aromatic rings.